The molecule has 1 aromatic heterocycles. The Kier molecular flexibility index (Phi) is 5.16. The van der Waals surface area contributed by atoms with E-state index in [1.165, 1.54) is 0 Å². The van der Waals surface area contributed by atoms with E-state index in [9.17, 15) is 15.0 Å². The summed E-state index contributed by atoms with van der Waals surface area (Å²) < 4.78 is 2.06. The number of β-amino-alcohol motifs (C(OH)–C–C–N with tert-alkyl or cyclic N) is 1. The average molecular weight is 357 g/mol. The van der Waals surface area contributed by atoms with Crippen LogP contribution in [0.3, 0.4) is 0 Å². The zero-order valence-electron chi connectivity index (χ0n) is 15.6. The van der Waals surface area contributed by atoms with Gasteiger partial charge in [-0.2, -0.15) is 0 Å². The molecule has 2 heterocycles. The number of rotatable bonds is 5. The van der Waals surface area contributed by atoms with Crippen LogP contribution in [-0.4, -0.2) is 49.8 Å². The number of nitrogens with zero attached hydrogens (tertiary/aromatic N) is 3. The lowest BCUT2D eigenvalue weighted by Gasteiger charge is -2.42. The lowest BCUT2D eigenvalue weighted by atomic mass is 9.71. The van der Waals surface area contributed by atoms with Gasteiger partial charge in [-0.15, -0.1) is 0 Å². The third kappa shape index (κ3) is 3.39. The van der Waals surface area contributed by atoms with Crippen molar-refractivity contribution in [3.05, 3.63) is 53.1 Å². The van der Waals surface area contributed by atoms with Crippen LogP contribution in [0.15, 0.2) is 30.3 Å². The lowest BCUT2D eigenvalue weighted by molar-refractivity contribution is -0.163. The molecule has 1 saturated heterocycles. The number of hydrogen-bond donors (Lipinski definition) is 2. The Morgan fingerprint density at radius 1 is 1.31 bits per heavy atom. The molecule has 6 nitrogen and oxygen atoms in total. The van der Waals surface area contributed by atoms with Gasteiger partial charge in [-0.3, -0.25) is 9.69 Å². The van der Waals surface area contributed by atoms with E-state index >= 15 is 0 Å². The minimum atomic E-state index is -1.13. The van der Waals surface area contributed by atoms with E-state index in [4.69, 9.17) is 0 Å². The van der Waals surface area contributed by atoms with E-state index in [0.29, 0.717) is 32.5 Å². The summed E-state index contributed by atoms with van der Waals surface area (Å²) in [5.74, 6) is 0.0234. The van der Waals surface area contributed by atoms with E-state index in [-0.39, 0.29) is 0 Å². The molecule has 140 valence electrons. The largest absolute Gasteiger partial charge is 0.481 e. The molecular weight excluding hydrogens is 330 g/mol. The monoisotopic (exact) mass is 357 g/mol. The van der Waals surface area contributed by atoms with Crippen molar-refractivity contribution in [3.8, 4) is 0 Å². The topological polar surface area (TPSA) is 78.6 Å². The van der Waals surface area contributed by atoms with Crippen molar-refractivity contribution in [2.24, 2.45) is 12.5 Å². The molecule has 3 rings (SSSR count). The van der Waals surface area contributed by atoms with Crippen LogP contribution in [0, 0.1) is 19.3 Å². The third-order valence-electron chi connectivity index (χ3n) is 5.81. The van der Waals surface area contributed by atoms with Gasteiger partial charge in [0, 0.05) is 19.3 Å². The summed E-state index contributed by atoms with van der Waals surface area (Å²) in [5.41, 5.74) is 1.94. The van der Waals surface area contributed by atoms with Gasteiger partial charge in [0.25, 0.3) is 0 Å². The van der Waals surface area contributed by atoms with Gasteiger partial charge in [0.2, 0.25) is 0 Å². The van der Waals surface area contributed by atoms with Crippen molar-refractivity contribution in [3.63, 3.8) is 0 Å². The first-order valence-corrected chi connectivity index (χ1v) is 9.00. The van der Waals surface area contributed by atoms with Crippen LogP contribution in [0.25, 0.3) is 0 Å². The molecule has 0 radical (unpaired) electrons. The quantitative estimate of drug-likeness (QED) is 0.855. The fourth-order valence-electron chi connectivity index (χ4n) is 3.80. The number of hydrogen-bond acceptors (Lipinski definition) is 4. The van der Waals surface area contributed by atoms with E-state index in [2.05, 4.69) is 14.5 Å². The van der Waals surface area contributed by atoms with Gasteiger partial charge in [0.1, 0.15) is 11.2 Å². The summed E-state index contributed by atoms with van der Waals surface area (Å²) in [4.78, 5) is 18.7. The highest BCUT2D eigenvalue weighted by molar-refractivity contribution is 5.76. The minimum Gasteiger partial charge on any atom is -0.481 e. The lowest BCUT2D eigenvalue weighted by Crippen LogP contribution is -2.55. The summed E-state index contributed by atoms with van der Waals surface area (Å²) in [7, 11) is 1.99. The highest BCUT2D eigenvalue weighted by Crippen LogP contribution is 2.36. The molecule has 6 heteroatoms. The Bertz CT molecular complexity index is 787. The average Bonchev–Trinajstić information content (AvgIpc) is 2.85. The van der Waals surface area contributed by atoms with Crippen molar-refractivity contribution >= 4 is 5.97 Å². The number of piperidine rings is 1. The number of aromatic nitrogens is 2. The predicted molar refractivity (Wildman–Crippen MR) is 98.8 cm³/mol. The number of aryl methyl sites for hydroxylation is 1. The zero-order valence-corrected chi connectivity index (χ0v) is 15.6. The van der Waals surface area contributed by atoms with Crippen LogP contribution in [0.1, 0.15) is 29.2 Å². The zero-order chi connectivity index (χ0) is 18.9. The molecule has 0 amide bonds. The van der Waals surface area contributed by atoms with E-state index in [1.54, 1.807) is 0 Å². The van der Waals surface area contributed by atoms with Gasteiger partial charge in [-0.1, -0.05) is 30.3 Å². The van der Waals surface area contributed by atoms with Gasteiger partial charge in [0.15, 0.2) is 0 Å². The Labute approximate surface area is 154 Å². The smallest absolute Gasteiger partial charge is 0.312 e. The highest BCUT2D eigenvalue weighted by atomic mass is 16.4. The molecule has 1 fully saturated rings. The van der Waals surface area contributed by atoms with Crippen molar-refractivity contribution in [1.82, 2.24) is 14.5 Å². The Balaban J connectivity index is 1.75. The number of imidazole rings is 1. The van der Waals surface area contributed by atoms with Gasteiger partial charge < -0.3 is 14.8 Å². The molecular formula is C20H27N3O3. The third-order valence-corrected chi connectivity index (χ3v) is 5.81. The van der Waals surface area contributed by atoms with Crippen molar-refractivity contribution in [2.45, 2.75) is 39.3 Å². The second-order valence-electron chi connectivity index (χ2n) is 7.38. The van der Waals surface area contributed by atoms with Crippen LogP contribution >= 0.6 is 0 Å². The number of carboxylic acids is 1. The predicted octanol–water partition coefficient (Wildman–Crippen LogP) is 1.92. The molecule has 2 atom stereocenters. The molecule has 1 aliphatic heterocycles. The molecule has 2 aromatic rings. The molecule has 1 aromatic carbocycles. The van der Waals surface area contributed by atoms with Gasteiger partial charge >= 0.3 is 5.97 Å². The number of carboxylic acid groups (broad SMARTS) is 1. The summed E-state index contributed by atoms with van der Waals surface area (Å²) >= 11 is 0. The molecule has 0 bridgehead atoms. The summed E-state index contributed by atoms with van der Waals surface area (Å²) in [6.07, 6.45) is -0.157. The summed E-state index contributed by atoms with van der Waals surface area (Å²) in [5, 5.41) is 20.7. The maximum atomic E-state index is 12.1. The SMILES string of the molecule is Cc1nc(CN2CC[C@](Cc3ccccc3)(C(=O)O)[C@@H](O)C2)n(C)c1C. The Morgan fingerprint density at radius 3 is 2.54 bits per heavy atom. The van der Waals surface area contributed by atoms with Gasteiger partial charge in [0.05, 0.1) is 18.3 Å². The molecule has 2 N–H and O–H groups in total. The van der Waals surface area contributed by atoms with Crippen LogP contribution < -0.4 is 0 Å². The molecule has 0 spiro atoms. The number of carbonyl (C=O) groups is 1. The number of aliphatic hydroxyl groups excluding tert-OH is 1. The molecule has 0 aliphatic carbocycles. The molecule has 26 heavy (non-hydrogen) atoms. The molecule has 0 saturated carbocycles. The van der Waals surface area contributed by atoms with Crippen LogP contribution in [-0.2, 0) is 24.8 Å². The number of aliphatic carboxylic acids is 1. The normalized spacial score (nSPS) is 23.9. The molecule has 1 aliphatic rings. The summed E-state index contributed by atoms with van der Waals surface area (Å²) in [6, 6.07) is 9.55. The fourth-order valence-corrected chi connectivity index (χ4v) is 3.80. The number of likely N-dealkylation sites (tertiary alicyclic amines) is 1. The first-order valence-electron chi connectivity index (χ1n) is 9.00. The van der Waals surface area contributed by atoms with E-state index in [0.717, 1.165) is 22.8 Å². The van der Waals surface area contributed by atoms with Crippen molar-refractivity contribution in [2.75, 3.05) is 13.1 Å². The first kappa shape index (κ1) is 18.6. The van der Waals surface area contributed by atoms with E-state index < -0.39 is 17.5 Å². The van der Waals surface area contributed by atoms with Crippen molar-refractivity contribution < 1.29 is 15.0 Å². The molecule has 0 unspecified atom stereocenters. The standard InChI is InChI=1S/C20H27N3O3/c1-14-15(2)22(3)18(21-14)13-23-10-9-20(19(25)26,17(24)12-23)11-16-7-5-4-6-8-16/h4-8,17,24H,9-13H2,1-3H3,(H,25,26)/t17-,20+/m0/s1. The van der Waals surface area contributed by atoms with Crippen LogP contribution in [0.5, 0.6) is 0 Å². The van der Waals surface area contributed by atoms with Gasteiger partial charge in [-0.05, 0) is 38.8 Å². The maximum absolute atomic E-state index is 12.1. The Hall–Kier alpha value is -2.18. The minimum absolute atomic E-state index is 0.337. The number of aliphatic hydroxyl groups is 1. The van der Waals surface area contributed by atoms with Crippen LogP contribution in [0.4, 0.5) is 0 Å². The second-order valence-corrected chi connectivity index (χ2v) is 7.38. The Morgan fingerprint density at radius 2 is 2.00 bits per heavy atom. The highest BCUT2D eigenvalue weighted by Gasteiger charge is 2.48. The number of benzene rings is 1. The van der Waals surface area contributed by atoms with Gasteiger partial charge in [-0.25, -0.2) is 4.98 Å². The second kappa shape index (κ2) is 7.21. The maximum Gasteiger partial charge on any atom is 0.312 e. The van der Waals surface area contributed by atoms with Crippen LogP contribution in [0.2, 0.25) is 0 Å². The van der Waals surface area contributed by atoms with E-state index in [1.807, 2.05) is 51.2 Å². The fraction of sp³-hybridized carbons (Fsp3) is 0.500. The first-order chi connectivity index (χ1) is 12.3. The summed E-state index contributed by atoms with van der Waals surface area (Å²) in [6.45, 7) is 5.60. The van der Waals surface area contributed by atoms with Crippen molar-refractivity contribution in [1.29, 1.82) is 0 Å².